The highest BCUT2D eigenvalue weighted by Crippen LogP contribution is 2.34. The van der Waals surface area contributed by atoms with E-state index >= 15 is 0 Å². The summed E-state index contributed by atoms with van der Waals surface area (Å²) in [7, 11) is 0. The molecule has 22 heavy (non-hydrogen) atoms. The fraction of sp³-hybridized carbons (Fsp3) is 0.632. The van der Waals surface area contributed by atoms with Crippen molar-refractivity contribution in [3.63, 3.8) is 0 Å². The first-order chi connectivity index (χ1) is 10.5. The van der Waals surface area contributed by atoms with Crippen LogP contribution in [0.15, 0.2) is 12.1 Å². The van der Waals surface area contributed by atoms with Crippen molar-refractivity contribution in [2.45, 2.75) is 65.6 Å². The normalized spacial score (nSPS) is 28.4. The molecule has 1 aromatic carbocycles. The summed E-state index contributed by atoms with van der Waals surface area (Å²) < 4.78 is 5.79. The van der Waals surface area contributed by atoms with Crippen LogP contribution < -0.4 is 4.90 Å². The molecule has 2 atom stereocenters. The van der Waals surface area contributed by atoms with Crippen LogP contribution in [0.4, 0.5) is 5.69 Å². The first-order valence-corrected chi connectivity index (χ1v) is 8.52. The van der Waals surface area contributed by atoms with Crippen LogP contribution in [0.1, 0.15) is 49.8 Å². The smallest absolute Gasteiger partial charge is 0.230 e. The topological polar surface area (TPSA) is 29.5 Å². The molecular weight excluding hydrogens is 274 g/mol. The van der Waals surface area contributed by atoms with Crippen molar-refractivity contribution in [3.05, 3.63) is 28.8 Å². The monoisotopic (exact) mass is 301 g/mol. The highest BCUT2D eigenvalue weighted by molar-refractivity contribution is 5.96. The van der Waals surface area contributed by atoms with Crippen molar-refractivity contribution in [2.75, 3.05) is 11.4 Å². The van der Waals surface area contributed by atoms with Crippen molar-refractivity contribution < 1.29 is 9.53 Å². The van der Waals surface area contributed by atoms with Crippen LogP contribution in [0.5, 0.6) is 0 Å². The minimum atomic E-state index is 0.102. The molecule has 1 aromatic rings. The lowest BCUT2D eigenvalue weighted by molar-refractivity contribution is -0.130. The van der Waals surface area contributed by atoms with Gasteiger partial charge in [-0.15, -0.1) is 0 Å². The number of amides is 1. The first-order valence-electron chi connectivity index (χ1n) is 8.52. The summed E-state index contributed by atoms with van der Waals surface area (Å²) in [6.45, 7) is 9.29. The second kappa shape index (κ2) is 6.04. The highest BCUT2D eigenvalue weighted by Gasteiger charge is 2.34. The van der Waals surface area contributed by atoms with E-state index in [9.17, 15) is 4.79 Å². The van der Waals surface area contributed by atoms with Crippen LogP contribution >= 0.6 is 0 Å². The van der Waals surface area contributed by atoms with Gasteiger partial charge in [0.1, 0.15) is 0 Å². The number of anilines is 1. The van der Waals surface area contributed by atoms with E-state index in [-0.39, 0.29) is 18.1 Å². The van der Waals surface area contributed by atoms with E-state index in [0.29, 0.717) is 5.91 Å². The Kier molecular flexibility index (Phi) is 4.26. The molecule has 1 amide bonds. The van der Waals surface area contributed by atoms with Crippen molar-refractivity contribution in [3.8, 4) is 0 Å². The molecule has 0 saturated carbocycles. The number of carbonyl (C=O) groups excluding carboxylic acids is 1. The van der Waals surface area contributed by atoms with Gasteiger partial charge in [-0.3, -0.25) is 4.79 Å². The van der Waals surface area contributed by atoms with Gasteiger partial charge in [-0.1, -0.05) is 6.07 Å². The van der Waals surface area contributed by atoms with E-state index < -0.39 is 0 Å². The molecule has 2 heterocycles. The van der Waals surface area contributed by atoms with Gasteiger partial charge in [0.25, 0.3) is 0 Å². The van der Waals surface area contributed by atoms with Crippen LogP contribution in [-0.4, -0.2) is 24.7 Å². The molecule has 0 radical (unpaired) electrons. The van der Waals surface area contributed by atoms with Gasteiger partial charge < -0.3 is 9.64 Å². The average Bonchev–Trinajstić information content (AvgIpc) is 2.45. The SMILES string of the molecule is Cc1cc(C)c2c(c1)N(C(=O)C1C[C@H](C)O[C@@H](C)C1)CCC2. The van der Waals surface area contributed by atoms with E-state index in [2.05, 4.69) is 39.8 Å². The van der Waals surface area contributed by atoms with Gasteiger partial charge in [0, 0.05) is 18.2 Å². The fourth-order valence-corrected chi connectivity index (χ4v) is 4.13. The zero-order valence-corrected chi connectivity index (χ0v) is 14.2. The Morgan fingerprint density at radius 3 is 2.55 bits per heavy atom. The summed E-state index contributed by atoms with van der Waals surface area (Å²) >= 11 is 0. The molecule has 2 aliphatic heterocycles. The lowest BCUT2D eigenvalue weighted by Crippen LogP contribution is -2.44. The lowest BCUT2D eigenvalue weighted by Gasteiger charge is -2.37. The van der Waals surface area contributed by atoms with E-state index in [0.717, 1.165) is 37.9 Å². The standard InChI is InChI=1S/C19H27NO2/c1-12-8-13(2)17-6-5-7-20(18(17)9-12)19(21)16-10-14(3)22-15(4)11-16/h8-9,14-16H,5-7,10-11H2,1-4H3/t14-,15-/m0/s1. The van der Waals surface area contributed by atoms with Crippen LogP contribution in [-0.2, 0) is 16.0 Å². The van der Waals surface area contributed by atoms with Gasteiger partial charge in [-0.2, -0.15) is 0 Å². The van der Waals surface area contributed by atoms with Gasteiger partial charge in [0.15, 0.2) is 0 Å². The highest BCUT2D eigenvalue weighted by atomic mass is 16.5. The summed E-state index contributed by atoms with van der Waals surface area (Å²) in [4.78, 5) is 15.1. The fourth-order valence-electron chi connectivity index (χ4n) is 4.13. The molecule has 0 bridgehead atoms. The third kappa shape index (κ3) is 2.91. The number of fused-ring (bicyclic) bond motifs is 1. The largest absolute Gasteiger partial charge is 0.376 e. The quantitative estimate of drug-likeness (QED) is 0.790. The maximum Gasteiger partial charge on any atom is 0.230 e. The molecule has 0 aromatic heterocycles. The number of carbonyl (C=O) groups is 1. The van der Waals surface area contributed by atoms with Gasteiger partial charge in [-0.25, -0.2) is 0 Å². The third-order valence-electron chi connectivity index (χ3n) is 5.01. The van der Waals surface area contributed by atoms with Crippen molar-refractivity contribution >= 4 is 11.6 Å². The Bertz CT molecular complexity index is 571. The molecule has 0 N–H and O–H groups in total. The Morgan fingerprint density at radius 1 is 1.18 bits per heavy atom. The molecule has 120 valence electrons. The molecule has 3 rings (SSSR count). The summed E-state index contributed by atoms with van der Waals surface area (Å²) in [5, 5.41) is 0. The zero-order chi connectivity index (χ0) is 15.9. The van der Waals surface area contributed by atoms with Crippen molar-refractivity contribution in [1.82, 2.24) is 0 Å². The zero-order valence-electron chi connectivity index (χ0n) is 14.2. The Morgan fingerprint density at radius 2 is 1.86 bits per heavy atom. The number of hydrogen-bond donors (Lipinski definition) is 0. The summed E-state index contributed by atoms with van der Waals surface area (Å²) in [5.74, 6) is 0.401. The Labute approximate surface area is 133 Å². The molecule has 1 fully saturated rings. The van der Waals surface area contributed by atoms with Gasteiger partial charge in [-0.05, 0) is 76.1 Å². The summed E-state index contributed by atoms with van der Waals surface area (Å²) in [5.41, 5.74) is 5.07. The van der Waals surface area contributed by atoms with E-state index in [1.54, 1.807) is 0 Å². The molecule has 3 heteroatoms. The van der Waals surface area contributed by atoms with Crippen molar-refractivity contribution in [1.29, 1.82) is 0 Å². The van der Waals surface area contributed by atoms with Crippen LogP contribution in [0.25, 0.3) is 0 Å². The molecule has 2 aliphatic rings. The predicted octanol–water partition coefficient (Wildman–Crippen LogP) is 3.79. The van der Waals surface area contributed by atoms with Crippen LogP contribution in [0.2, 0.25) is 0 Å². The molecule has 0 unspecified atom stereocenters. The third-order valence-corrected chi connectivity index (χ3v) is 5.01. The molecule has 0 spiro atoms. The van der Waals surface area contributed by atoms with Gasteiger partial charge in [0.2, 0.25) is 5.91 Å². The number of hydrogen-bond acceptors (Lipinski definition) is 2. The molecule has 0 aliphatic carbocycles. The Balaban J connectivity index is 1.89. The first kappa shape index (κ1) is 15.5. The molecule has 3 nitrogen and oxygen atoms in total. The number of ether oxygens (including phenoxy) is 1. The van der Waals surface area contributed by atoms with Gasteiger partial charge >= 0.3 is 0 Å². The predicted molar refractivity (Wildman–Crippen MR) is 89.3 cm³/mol. The van der Waals surface area contributed by atoms with E-state index in [4.69, 9.17) is 4.74 Å². The van der Waals surface area contributed by atoms with Crippen molar-refractivity contribution in [2.24, 2.45) is 5.92 Å². The van der Waals surface area contributed by atoms with E-state index in [1.807, 2.05) is 4.90 Å². The molecule has 1 saturated heterocycles. The summed E-state index contributed by atoms with van der Waals surface area (Å²) in [6.07, 6.45) is 4.21. The minimum absolute atomic E-state index is 0.102. The maximum atomic E-state index is 13.1. The van der Waals surface area contributed by atoms with E-state index in [1.165, 1.54) is 16.7 Å². The average molecular weight is 301 g/mol. The number of aryl methyl sites for hydroxylation is 2. The second-order valence-corrected chi connectivity index (χ2v) is 7.10. The minimum Gasteiger partial charge on any atom is -0.376 e. The number of nitrogens with zero attached hydrogens (tertiary/aromatic N) is 1. The van der Waals surface area contributed by atoms with Crippen LogP contribution in [0.3, 0.4) is 0 Å². The number of rotatable bonds is 1. The Hall–Kier alpha value is -1.35. The second-order valence-electron chi connectivity index (χ2n) is 7.10. The summed E-state index contributed by atoms with van der Waals surface area (Å²) in [6, 6.07) is 4.41. The number of benzene rings is 1. The maximum absolute atomic E-state index is 13.1. The van der Waals surface area contributed by atoms with Crippen LogP contribution in [0, 0.1) is 19.8 Å². The molecular formula is C19H27NO2. The van der Waals surface area contributed by atoms with Gasteiger partial charge in [0.05, 0.1) is 12.2 Å². The lowest BCUT2D eigenvalue weighted by atomic mass is 9.89.